The normalized spacial score (nSPS) is 16.0. The van der Waals surface area contributed by atoms with Crippen LogP contribution in [0.1, 0.15) is 9.67 Å². The molecule has 24 heavy (non-hydrogen) atoms. The molecule has 3 heterocycles. The Hall–Kier alpha value is -2.18. The van der Waals surface area contributed by atoms with Crippen LogP contribution in [0.3, 0.4) is 0 Å². The van der Waals surface area contributed by atoms with Crippen LogP contribution in [0.2, 0.25) is 0 Å². The Kier molecular flexibility index (Phi) is 3.86. The highest BCUT2D eigenvalue weighted by Crippen LogP contribution is 2.30. The average Bonchev–Trinajstić information content (AvgIpc) is 3.20. The van der Waals surface area contributed by atoms with Crippen molar-refractivity contribution in [3.63, 3.8) is 0 Å². The fraction of sp³-hybridized carbons (Fsp3) is 0.333. The second kappa shape index (κ2) is 6.03. The van der Waals surface area contributed by atoms with Gasteiger partial charge in [0.05, 0.1) is 20.8 Å². The van der Waals surface area contributed by atoms with Gasteiger partial charge in [-0.3, -0.25) is 4.79 Å². The SMILES string of the molecule is CN1CCN(C(=O)c2ccc(-c3nc4ccccc4n3C)s2)CC1. The molecule has 0 aliphatic carbocycles. The van der Waals surface area contributed by atoms with Crippen molar-refractivity contribution >= 4 is 28.3 Å². The molecule has 2 aromatic heterocycles. The smallest absolute Gasteiger partial charge is 0.264 e. The third kappa shape index (κ3) is 2.61. The number of fused-ring (bicyclic) bond motifs is 1. The summed E-state index contributed by atoms with van der Waals surface area (Å²) in [4.78, 5) is 23.4. The molecule has 0 unspecified atom stereocenters. The molecule has 0 atom stereocenters. The number of amides is 1. The van der Waals surface area contributed by atoms with Gasteiger partial charge in [-0.2, -0.15) is 0 Å². The van der Waals surface area contributed by atoms with Crippen LogP contribution in [0.15, 0.2) is 36.4 Å². The summed E-state index contributed by atoms with van der Waals surface area (Å²) in [6, 6.07) is 12.0. The zero-order valence-electron chi connectivity index (χ0n) is 13.9. The summed E-state index contributed by atoms with van der Waals surface area (Å²) in [6.45, 7) is 3.48. The van der Waals surface area contributed by atoms with Crippen molar-refractivity contribution in [1.82, 2.24) is 19.4 Å². The Bertz CT molecular complexity index is 889. The number of benzene rings is 1. The molecule has 3 aromatic rings. The molecule has 0 spiro atoms. The minimum atomic E-state index is 0.137. The fourth-order valence-corrected chi connectivity index (χ4v) is 4.10. The third-order valence-corrected chi connectivity index (χ3v) is 5.68. The Morgan fingerprint density at radius 3 is 2.54 bits per heavy atom. The van der Waals surface area contributed by atoms with Gasteiger partial charge in [0, 0.05) is 33.2 Å². The second-order valence-corrected chi connectivity index (χ2v) is 7.33. The lowest BCUT2D eigenvalue weighted by atomic mass is 10.3. The number of imidazole rings is 1. The van der Waals surface area contributed by atoms with Gasteiger partial charge in [0.15, 0.2) is 5.82 Å². The van der Waals surface area contributed by atoms with Gasteiger partial charge in [-0.15, -0.1) is 11.3 Å². The number of aryl methyl sites for hydroxylation is 1. The number of piperazine rings is 1. The zero-order chi connectivity index (χ0) is 16.7. The average molecular weight is 340 g/mol. The molecule has 0 N–H and O–H groups in total. The van der Waals surface area contributed by atoms with Gasteiger partial charge in [-0.05, 0) is 31.3 Å². The lowest BCUT2D eigenvalue weighted by molar-refractivity contribution is 0.0669. The molecule has 1 saturated heterocycles. The standard InChI is InChI=1S/C18H20N4OS/c1-20-9-11-22(12-10-20)18(23)16-8-7-15(24-16)17-19-13-5-3-4-6-14(13)21(17)2/h3-8H,9-12H2,1-2H3. The molecule has 124 valence electrons. The van der Waals surface area contributed by atoms with Crippen molar-refractivity contribution in [2.24, 2.45) is 7.05 Å². The van der Waals surface area contributed by atoms with E-state index in [0.29, 0.717) is 0 Å². The summed E-state index contributed by atoms with van der Waals surface area (Å²) < 4.78 is 2.09. The first-order valence-electron chi connectivity index (χ1n) is 8.13. The monoisotopic (exact) mass is 340 g/mol. The number of rotatable bonds is 2. The maximum Gasteiger partial charge on any atom is 0.264 e. The molecule has 0 bridgehead atoms. The Morgan fingerprint density at radius 1 is 1.04 bits per heavy atom. The summed E-state index contributed by atoms with van der Waals surface area (Å²) in [5.74, 6) is 1.05. The minimum absolute atomic E-state index is 0.137. The first-order valence-corrected chi connectivity index (χ1v) is 8.94. The van der Waals surface area contributed by atoms with Crippen molar-refractivity contribution in [3.8, 4) is 10.7 Å². The van der Waals surface area contributed by atoms with Crippen molar-refractivity contribution in [1.29, 1.82) is 0 Å². The largest absolute Gasteiger partial charge is 0.335 e. The van der Waals surface area contributed by atoms with E-state index < -0.39 is 0 Å². The molecule has 1 aromatic carbocycles. The molecule has 4 rings (SSSR count). The Morgan fingerprint density at radius 2 is 1.79 bits per heavy atom. The van der Waals surface area contributed by atoms with E-state index in [1.54, 1.807) is 0 Å². The molecule has 0 radical (unpaired) electrons. The maximum atomic E-state index is 12.7. The fourth-order valence-electron chi connectivity index (χ4n) is 3.10. The van der Waals surface area contributed by atoms with Crippen LogP contribution in [-0.4, -0.2) is 58.5 Å². The molecule has 1 fully saturated rings. The molecule has 1 aliphatic rings. The number of nitrogens with zero attached hydrogens (tertiary/aromatic N) is 4. The number of carbonyl (C=O) groups excluding carboxylic acids is 1. The predicted octanol–water partition coefficient (Wildman–Crippen LogP) is 2.69. The third-order valence-electron chi connectivity index (χ3n) is 4.61. The highest BCUT2D eigenvalue weighted by Gasteiger charge is 2.22. The predicted molar refractivity (Wildman–Crippen MR) is 97.4 cm³/mol. The number of carbonyl (C=O) groups is 1. The molecule has 5 nitrogen and oxygen atoms in total. The van der Waals surface area contributed by atoms with Crippen molar-refractivity contribution < 1.29 is 4.79 Å². The molecular weight excluding hydrogens is 320 g/mol. The first-order chi connectivity index (χ1) is 11.6. The van der Waals surface area contributed by atoms with Crippen LogP contribution in [0.25, 0.3) is 21.7 Å². The van der Waals surface area contributed by atoms with Gasteiger partial charge in [0.25, 0.3) is 5.91 Å². The van der Waals surface area contributed by atoms with Crippen molar-refractivity contribution in [2.45, 2.75) is 0 Å². The van der Waals surface area contributed by atoms with E-state index in [1.807, 2.05) is 42.3 Å². The van der Waals surface area contributed by atoms with Gasteiger partial charge in [0.1, 0.15) is 0 Å². The van der Waals surface area contributed by atoms with E-state index in [1.165, 1.54) is 11.3 Å². The lowest BCUT2D eigenvalue weighted by Gasteiger charge is -2.32. The van der Waals surface area contributed by atoms with E-state index in [9.17, 15) is 4.79 Å². The molecule has 6 heteroatoms. The summed E-state index contributed by atoms with van der Waals surface area (Å²) in [7, 11) is 4.11. The Labute approximate surface area is 145 Å². The van der Waals surface area contributed by atoms with Crippen LogP contribution in [0.4, 0.5) is 0 Å². The Balaban J connectivity index is 1.62. The number of likely N-dealkylation sites (N-methyl/N-ethyl adjacent to an activating group) is 1. The van der Waals surface area contributed by atoms with Crippen LogP contribution < -0.4 is 0 Å². The number of hydrogen-bond acceptors (Lipinski definition) is 4. The van der Waals surface area contributed by atoms with Gasteiger partial charge >= 0.3 is 0 Å². The van der Waals surface area contributed by atoms with E-state index in [4.69, 9.17) is 4.98 Å². The summed E-state index contributed by atoms with van der Waals surface area (Å²) in [5, 5.41) is 0. The molecule has 1 aliphatic heterocycles. The number of thiophene rings is 1. The topological polar surface area (TPSA) is 41.4 Å². The maximum absolute atomic E-state index is 12.7. The van der Waals surface area contributed by atoms with Crippen LogP contribution in [0, 0.1) is 0 Å². The lowest BCUT2D eigenvalue weighted by Crippen LogP contribution is -2.46. The van der Waals surface area contributed by atoms with Crippen LogP contribution in [-0.2, 0) is 7.05 Å². The van der Waals surface area contributed by atoms with E-state index in [2.05, 4.69) is 22.6 Å². The highest BCUT2D eigenvalue weighted by atomic mass is 32.1. The van der Waals surface area contributed by atoms with Crippen molar-refractivity contribution in [2.75, 3.05) is 33.2 Å². The van der Waals surface area contributed by atoms with Crippen LogP contribution >= 0.6 is 11.3 Å². The molecular formula is C18H20N4OS. The number of para-hydroxylation sites is 2. The highest BCUT2D eigenvalue weighted by molar-refractivity contribution is 7.17. The molecule has 1 amide bonds. The van der Waals surface area contributed by atoms with Gasteiger partial charge in [-0.25, -0.2) is 4.98 Å². The van der Waals surface area contributed by atoms with Gasteiger partial charge < -0.3 is 14.4 Å². The summed E-state index contributed by atoms with van der Waals surface area (Å²) in [6.07, 6.45) is 0. The number of aromatic nitrogens is 2. The van der Waals surface area contributed by atoms with E-state index >= 15 is 0 Å². The summed E-state index contributed by atoms with van der Waals surface area (Å²) >= 11 is 1.53. The summed E-state index contributed by atoms with van der Waals surface area (Å²) in [5.41, 5.74) is 2.09. The van der Waals surface area contributed by atoms with E-state index in [0.717, 1.165) is 52.8 Å². The van der Waals surface area contributed by atoms with Crippen LogP contribution in [0.5, 0.6) is 0 Å². The van der Waals surface area contributed by atoms with Crippen molar-refractivity contribution in [3.05, 3.63) is 41.3 Å². The minimum Gasteiger partial charge on any atom is -0.335 e. The second-order valence-electron chi connectivity index (χ2n) is 6.24. The van der Waals surface area contributed by atoms with Gasteiger partial charge in [0.2, 0.25) is 0 Å². The van der Waals surface area contributed by atoms with E-state index in [-0.39, 0.29) is 5.91 Å². The quantitative estimate of drug-likeness (QED) is 0.720. The number of hydrogen-bond donors (Lipinski definition) is 0. The zero-order valence-corrected chi connectivity index (χ0v) is 14.7. The first kappa shape index (κ1) is 15.4. The van der Waals surface area contributed by atoms with Gasteiger partial charge in [-0.1, -0.05) is 12.1 Å². The molecule has 0 saturated carbocycles.